The van der Waals surface area contributed by atoms with Gasteiger partial charge >= 0.3 is 5.97 Å². The van der Waals surface area contributed by atoms with E-state index in [1.54, 1.807) is 12.1 Å². The Hall–Kier alpha value is -0.660. The molecule has 1 N–H and O–H groups in total. The Kier molecular flexibility index (Phi) is 6.45. The summed E-state index contributed by atoms with van der Waals surface area (Å²) in [6, 6.07) is 5.50. The highest BCUT2D eigenvalue weighted by Crippen LogP contribution is 2.35. The SMILES string of the molecule is CN1CCC(CCC(C)(C)c2ccc(C(=O)OO)cc2I)CC1. The Morgan fingerprint density at radius 3 is 2.61 bits per heavy atom. The molecule has 0 spiro atoms. The molecule has 1 heterocycles. The van der Waals surface area contributed by atoms with Crippen molar-refractivity contribution in [2.75, 3.05) is 20.1 Å². The number of carbonyl (C=O) groups excluding carboxylic acids is 1. The molecule has 5 heteroatoms. The fourth-order valence-electron chi connectivity index (χ4n) is 3.29. The molecule has 0 aliphatic carbocycles. The minimum Gasteiger partial charge on any atom is -0.306 e. The molecule has 4 nitrogen and oxygen atoms in total. The van der Waals surface area contributed by atoms with Crippen LogP contribution in [0.5, 0.6) is 0 Å². The maximum absolute atomic E-state index is 11.4. The van der Waals surface area contributed by atoms with E-state index in [9.17, 15) is 4.79 Å². The lowest BCUT2D eigenvalue weighted by Crippen LogP contribution is -2.31. The fourth-order valence-corrected chi connectivity index (χ4v) is 4.54. The fraction of sp³-hybridized carbons (Fsp3) is 0.611. The largest absolute Gasteiger partial charge is 0.372 e. The molecule has 1 aromatic rings. The topological polar surface area (TPSA) is 49.8 Å². The highest BCUT2D eigenvalue weighted by molar-refractivity contribution is 14.1. The molecule has 2 rings (SSSR count). The van der Waals surface area contributed by atoms with Gasteiger partial charge in [-0.05, 0) is 97.4 Å². The van der Waals surface area contributed by atoms with Crippen LogP contribution in [0.3, 0.4) is 0 Å². The van der Waals surface area contributed by atoms with Crippen LogP contribution in [0.4, 0.5) is 0 Å². The monoisotopic (exact) mass is 431 g/mol. The van der Waals surface area contributed by atoms with E-state index >= 15 is 0 Å². The first-order valence-corrected chi connectivity index (χ1v) is 9.25. The third kappa shape index (κ3) is 4.90. The Balaban J connectivity index is 2.02. The lowest BCUT2D eigenvalue weighted by Gasteiger charge is -2.32. The second kappa shape index (κ2) is 7.94. The molecule has 0 unspecified atom stereocenters. The van der Waals surface area contributed by atoms with Crippen molar-refractivity contribution in [3.63, 3.8) is 0 Å². The molecular weight excluding hydrogens is 405 g/mol. The van der Waals surface area contributed by atoms with Gasteiger partial charge in [0.05, 0.1) is 5.56 Å². The summed E-state index contributed by atoms with van der Waals surface area (Å²) in [7, 11) is 2.20. The summed E-state index contributed by atoms with van der Waals surface area (Å²) < 4.78 is 1.04. The van der Waals surface area contributed by atoms with Crippen molar-refractivity contribution in [2.24, 2.45) is 5.92 Å². The summed E-state index contributed by atoms with van der Waals surface area (Å²) in [5, 5.41) is 8.50. The zero-order valence-electron chi connectivity index (χ0n) is 14.1. The second-order valence-electron chi connectivity index (χ2n) is 7.24. The Bertz CT molecular complexity index is 551. The average molecular weight is 431 g/mol. The number of likely N-dealkylation sites (tertiary alicyclic amines) is 1. The summed E-state index contributed by atoms with van der Waals surface area (Å²) in [5.41, 5.74) is 1.70. The third-order valence-corrected chi connectivity index (χ3v) is 5.93. The van der Waals surface area contributed by atoms with Crippen LogP contribution >= 0.6 is 22.6 Å². The van der Waals surface area contributed by atoms with Gasteiger partial charge in [-0.25, -0.2) is 4.79 Å². The van der Waals surface area contributed by atoms with Crippen molar-refractivity contribution in [3.8, 4) is 0 Å². The zero-order chi connectivity index (χ0) is 17.0. The lowest BCUT2D eigenvalue weighted by atomic mass is 9.77. The van der Waals surface area contributed by atoms with Crippen molar-refractivity contribution in [1.82, 2.24) is 4.90 Å². The summed E-state index contributed by atoms with van der Waals surface area (Å²) in [6.07, 6.45) is 4.98. The van der Waals surface area contributed by atoms with Crippen LogP contribution in [0.25, 0.3) is 0 Å². The number of carbonyl (C=O) groups is 1. The molecule has 0 aromatic heterocycles. The van der Waals surface area contributed by atoms with Crippen molar-refractivity contribution < 1.29 is 14.9 Å². The molecule has 1 aliphatic rings. The standard InChI is InChI=1S/C18H26INO3/c1-18(2,9-6-13-7-10-20(3)11-8-13)15-5-4-14(12-16(15)19)17(21)23-22/h4-5,12-13,22H,6-11H2,1-3H3. The van der Waals surface area contributed by atoms with Crippen LogP contribution in [0.1, 0.15) is 55.5 Å². The number of hydrogen-bond donors (Lipinski definition) is 1. The smallest absolute Gasteiger partial charge is 0.306 e. The first-order valence-electron chi connectivity index (χ1n) is 8.18. The van der Waals surface area contributed by atoms with Gasteiger partial charge in [0.15, 0.2) is 0 Å². The van der Waals surface area contributed by atoms with Gasteiger partial charge in [0.1, 0.15) is 0 Å². The molecular formula is C18H26INO3. The molecule has 128 valence electrons. The van der Waals surface area contributed by atoms with Gasteiger partial charge in [-0.2, -0.15) is 5.26 Å². The Morgan fingerprint density at radius 2 is 2.04 bits per heavy atom. The van der Waals surface area contributed by atoms with Gasteiger partial charge in [-0.3, -0.25) is 4.89 Å². The summed E-state index contributed by atoms with van der Waals surface area (Å²) in [6.45, 7) is 6.95. The van der Waals surface area contributed by atoms with Crippen molar-refractivity contribution in [2.45, 2.75) is 44.9 Å². The van der Waals surface area contributed by atoms with E-state index in [0.29, 0.717) is 5.56 Å². The number of rotatable bonds is 5. The molecule has 23 heavy (non-hydrogen) atoms. The Morgan fingerprint density at radius 1 is 1.39 bits per heavy atom. The molecule has 1 aliphatic heterocycles. The van der Waals surface area contributed by atoms with Crippen LogP contribution in [0, 0.1) is 9.49 Å². The first kappa shape index (κ1) is 18.7. The van der Waals surface area contributed by atoms with Gasteiger partial charge in [-0.1, -0.05) is 19.9 Å². The zero-order valence-corrected chi connectivity index (χ0v) is 16.3. The maximum Gasteiger partial charge on any atom is 0.372 e. The van der Waals surface area contributed by atoms with Gasteiger partial charge in [0.2, 0.25) is 0 Å². The van der Waals surface area contributed by atoms with E-state index in [-0.39, 0.29) is 5.41 Å². The van der Waals surface area contributed by atoms with Crippen LogP contribution in [0.15, 0.2) is 18.2 Å². The maximum atomic E-state index is 11.4. The summed E-state index contributed by atoms with van der Waals surface area (Å²) in [5.74, 6) is 0.116. The van der Waals surface area contributed by atoms with E-state index in [0.717, 1.165) is 15.9 Å². The molecule has 0 amide bonds. The summed E-state index contributed by atoms with van der Waals surface area (Å²) >= 11 is 2.26. The molecule has 0 radical (unpaired) electrons. The number of hydrogen-bond acceptors (Lipinski definition) is 4. The highest BCUT2D eigenvalue weighted by Gasteiger charge is 2.26. The molecule has 1 saturated heterocycles. The van der Waals surface area contributed by atoms with Crippen LogP contribution in [-0.4, -0.2) is 36.3 Å². The number of nitrogens with zero attached hydrogens (tertiary/aromatic N) is 1. The van der Waals surface area contributed by atoms with E-state index in [4.69, 9.17) is 5.26 Å². The predicted molar refractivity (Wildman–Crippen MR) is 99.7 cm³/mol. The second-order valence-corrected chi connectivity index (χ2v) is 8.40. The van der Waals surface area contributed by atoms with Gasteiger partial charge in [0, 0.05) is 3.57 Å². The molecule has 0 atom stereocenters. The van der Waals surface area contributed by atoms with Crippen LogP contribution in [-0.2, 0) is 10.3 Å². The minimum absolute atomic E-state index is 0.0710. The van der Waals surface area contributed by atoms with Crippen molar-refractivity contribution in [1.29, 1.82) is 0 Å². The van der Waals surface area contributed by atoms with Gasteiger partial charge in [0.25, 0.3) is 0 Å². The highest BCUT2D eigenvalue weighted by atomic mass is 127. The third-order valence-electron chi connectivity index (χ3n) is 5.03. The Labute approximate surface area is 152 Å². The van der Waals surface area contributed by atoms with Crippen molar-refractivity contribution >= 4 is 28.6 Å². The van der Waals surface area contributed by atoms with E-state index < -0.39 is 5.97 Å². The number of piperidine rings is 1. The van der Waals surface area contributed by atoms with Crippen molar-refractivity contribution in [3.05, 3.63) is 32.9 Å². The van der Waals surface area contributed by atoms with Gasteiger partial charge in [-0.15, -0.1) is 0 Å². The minimum atomic E-state index is -0.710. The van der Waals surface area contributed by atoms with E-state index in [2.05, 4.69) is 53.3 Å². The average Bonchev–Trinajstić information content (AvgIpc) is 2.53. The molecule has 1 aromatic carbocycles. The predicted octanol–water partition coefficient (Wildman–Crippen LogP) is 4.32. The van der Waals surface area contributed by atoms with E-state index in [1.165, 1.54) is 37.9 Å². The van der Waals surface area contributed by atoms with Gasteiger partial charge < -0.3 is 4.90 Å². The number of halogens is 1. The lowest BCUT2D eigenvalue weighted by molar-refractivity contribution is -0.182. The molecule has 1 fully saturated rings. The first-order chi connectivity index (χ1) is 10.8. The normalized spacial score (nSPS) is 17.3. The van der Waals surface area contributed by atoms with Crippen LogP contribution < -0.4 is 0 Å². The van der Waals surface area contributed by atoms with Crippen LogP contribution in [0.2, 0.25) is 0 Å². The quantitative estimate of drug-likeness (QED) is 0.429. The number of benzene rings is 1. The molecule has 0 bridgehead atoms. The van der Waals surface area contributed by atoms with E-state index in [1.807, 2.05) is 6.07 Å². The molecule has 0 saturated carbocycles. The summed E-state index contributed by atoms with van der Waals surface area (Å²) in [4.78, 5) is 17.6.